The second-order valence-electron chi connectivity index (χ2n) is 5.90. The van der Waals surface area contributed by atoms with E-state index in [9.17, 15) is 0 Å². The molecule has 1 aliphatic rings. The van der Waals surface area contributed by atoms with Crippen molar-refractivity contribution in [1.29, 1.82) is 0 Å². The molecule has 1 fully saturated rings. The van der Waals surface area contributed by atoms with Crippen LogP contribution in [0, 0.1) is 5.92 Å². The molecule has 0 saturated heterocycles. The van der Waals surface area contributed by atoms with Crippen molar-refractivity contribution in [2.24, 2.45) is 5.92 Å². The summed E-state index contributed by atoms with van der Waals surface area (Å²) >= 11 is 12.3. The topological polar surface area (TPSA) is 12.0 Å². The number of benzene rings is 1. The Labute approximate surface area is 133 Å². The molecule has 1 saturated carbocycles. The SMILES string of the molecule is CCCNC(Cc1ccc(Cl)cc1Cl)C1CCCCC1. The van der Waals surface area contributed by atoms with Crippen molar-refractivity contribution in [1.82, 2.24) is 5.32 Å². The van der Waals surface area contributed by atoms with Crippen molar-refractivity contribution in [2.45, 2.75) is 57.9 Å². The molecule has 1 N–H and O–H groups in total. The van der Waals surface area contributed by atoms with Gasteiger partial charge in [-0.3, -0.25) is 0 Å². The van der Waals surface area contributed by atoms with Crippen LogP contribution >= 0.6 is 23.2 Å². The van der Waals surface area contributed by atoms with Crippen molar-refractivity contribution in [3.05, 3.63) is 33.8 Å². The lowest BCUT2D eigenvalue weighted by Crippen LogP contribution is -2.39. The van der Waals surface area contributed by atoms with E-state index in [0.29, 0.717) is 6.04 Å². The van der Waals surface area contributed by atoms with E-state index in [-0.39, 0.29) is 0 Å². The molecule has 0 heterocycles. The van der Waals surface area contributed by atoms with Crippen LogP contribution in [-0.4, -0.2) is 12.6 Å². The maximum atomic E-state index is 6.33. The maximum absolute atomic E-state index is 6.33. The first-order chi connectivity index (χ1) is 9.70. The molecular weight excluding hydrogens is 289 g/mol. The van der Waals surface area contributed by atoms with E-state index < -0.39 is 0 Å². The van der Waals surface area contributed by atoms with E-state index in [1.165, 1.54) is 44.1 Å². The smallest absolute Gasteiger partial charge is 0.0453 e. The summed E-state index contributed by atoms with van der Waals surface area (Å²) in [5.41, 5.74) is 1.22. The Kier molecular flexibility index (Phi) is 6.67. The molecule has 1 atom stereocenters. The standard InChI is InChI=1S/C17H25Cl2N/c1-2-10-20-17(13-6-4-3-5-7-13)11-14-8-9-15(18)12-16(14)19/h8-9,12-13,17,20H,2-7,10-11H2,1H3. The van der Waals surface area contributed by atoms with E-state index in [2.05, 4.69) is 18.3 Å². The minimum Gasteiger partial charge on any atom is -0.313 e. The van der Waals surface area contributed by atoms with Gasteiger partial charge in [-0.2, -0.15) is 0 Å². The van der Waals surface area contributed by atoms with Gasteiger partial charge in [0.1, 0.15) is 0 Å². The molecule has 20 heavy (non-hydrogen) atoms. The molecule has 1 aromatic rings. The Morgan fingerprint density at radius 2 is 1.95 bits per heavy atom. The molecule has 2 rings (SSSR count). The van der Waals surface area contributed by atoms with Gasteiger partial charge in [-0.1, -0.05) is 55.5 Å². The van der Waals surface area contributed by atoms with Crippen LogP contribution in [0.5, 0.6) is 0 Å². The highest BCUT2D eigenvalue weighted by molar-refractivity contribution is 6.35. The highest BCUT2D eigenvalue weighted by atomic mass is 35.5. The molecule has 0 radical (unpaired) electrons. The van der Waals surface area contributed by atoms with E-state index in [4.69, 9.17) is 23.2 Å². The molecule has 3 heteroatoms. The first kappa shape index (κ1) is 16.1. The van der Waals surface area contributed by atoms with Crippen LogP contribution in [0.2, 0.25) is 10.0 Å². The predicted molar refractivity (Wildman–Crippen MR) is 88.8 cm³/mol. The second kappa shape index (κ2) is 8.26. The fraction of sp³-hybridized carbons (Fsp3) is 0.647. The third-order valence-corrected chi connectivity index (χ3v) is 4.92. The summed E-state index contributed by atoms with van der Waals surface area (Å²) in [6.45, 7) is 3.31. The number of rotatable bonds is 6. The zero-order chi connectivity index (χ0) is 14.4. The van der Waals surface area contributed by atoms with Crippen molar-refractivity contribution in [3.63, 3.8) is 0 Å². The minimum absolute atomic E-state index is 0.550. The molecule has 0 bridgehead atoms. The summed E-state index contributed by atoms with van der Waals surface area (Å²) in [7, 11) is 0. The van der Waals surface area contributed by atoms with Crippen LogP contribution in [-0.2, 0) is 6.42 Å². The summed E-state index contributed by atoms with van der Waals surface area (Å²) in [6.07, 6.45) is 9.06. The third-order valence-electron chi connectivity index (χ3n) is 4.33. The van der Waals surface area contributed by atoms with Crippen LogP contribution in [0.1, 0.15) is 51.0 Å². The normalized spacial score (nSPS) is 18.1. The zero-order valence-electron chi connectivity index (χ0n) is 12.3. The second-order valence-corrected chi connectivity index (χ2v) is 6.74. The molecule has 0 spiro atoms. The summed E-state index contributed by atoms with van der Waals surface area (Å²) < 4.78 is 0. The summed E-state index contributed by atoms with van der Waals surface area (Å²) in [5, 5.41) is 5.26. The highest BCUT2D eigenvalue weighted by Gasteiger charge is 2.23. The van der Waals surface area contributed by atoms with Gasteiger partial charge in [-0.15, -0.1) is 0 Å². The fourth-order valence-corrected chi connectivity index (χ4v) is 3.68. The van der Waals surface area contributed by atoms with Crippen molar-refractivity contribution in [2.75, 3.05) is 6.54 Å². The van der Waals surface area contributed by atoms with Crippen molar-refractivity contribution >= 4 is 23.2 Å². The number of hydrogen-bond acceptors (Lipinski definition) is 1. The Balaban J connectivity index is 2.05. The molecule has 112 valence electrons. The van der Waals surface area contributed by atoms with Crippen LogP contribution in [0.25, 0.3) is 0 Å². The molecule has 1 nitrogen and oxygen atoms in total. The molecule has 0 aromatic heterocycles. The molecular formula is C17H25Cl2N. The summed E-state index contributed by atoms with van der Waals surface area (Å²) in [6, 6.07) is 6.43. The van der Waals surface area contributed by atoms with Crippen LogP contribution < -0.4 is 5.32 Å². The quantitative estimate of drug-likeness (QED) is 0.732. The molecule has 0 amide bonds. The predicted octanol–water partition coefficient (Wildman–Crippen LogP) is 5.48. The lowest BCUT2D eigenvalue weighted by Gasteiger charge is -2.31. The van der Waals surface area contributed by atoms with Gasteiger partial charge in [0.2, 0.25) is 0 Å². The highest BCUT2D eigenvalue weighted by Crippen LogP contribution is 2.30. The lowest BCUT2D eigenvalue weighted by atomic mass is 9.81. The largest absolute Gasteiger partial charge is 0.313 e. The molecule has 1 aromatic carbocycles. The Bertz CT molecular complexity index is 413. The average Bonchev–Trinajstić information content (AvgIpc) is 2.46. The molecule has 1 aliphatic carbocycles. The first-order valence-electron chi connectivity index (χ1n) is 7.88. The minimum atomic E-state index is 0.550. The van der Waals surface area contributed by atoms with Crippen LogP contribution in [0.3, 0.4) is 0 Å². The molecule has 0 aliphatic heterocycles. The van der Waals surface area contributed by atoms with Gasteiger partial charge in [0, 0.05) is 16.1 Å². The zero-order valence-corrected chi connectivity index (χ0v) is 13.8. The molecule has 1 unspecified atom stereocenters. The van der Waals surface area contributed by atoms with E-state index in [1.54, 1.807) is 0 Å². The first-order valence-corrected chi connectivity index (χ1v) is 8.63. The van der Waals surface area contributed by atoms with E-state index in [0.717, 1.165) is 28.9 Å². The van der Waals surface area contributed by atoms with Crippen molar-refractivity contribution < 1.29 is 0 Å². The number of hydrogen-bond donors (Lipinski definition) is 1. The van der Waals surface area contributed by atoms with Crippen molar-refractivity contribution in [3.8, 4) is 0 Å². The van der Waals surface area contributed by atoms with Gasteiger partial charge in [0.25, 0.3) is 0 Å². The third kappa shape index (κ3) is 4.65. The van der Waals surface area contributed by atoms with Gasteiger partial charge in [-0.25, -0.2) is 0 Å². The summed E-state index contributed by atoms with van der Waals surface area (Å²) in [4.78, 5) is 0. The van der Waals surface area contributed by atoms with Gasteiger partial charge in [0.05, 0.1) is 0 Å². The monoisotopic (exact) mass is 313 g/mol. The Morgan fingerprint density at radius 3 is 2.60 bits per heavy atom. The van der Waals surface area contributed by atoms with Gasteiger partial charge in [0.15, 0.2) is 0 Å². The van der Waals surface area contributed by atoms with Crippen LogP contribution in [0.4, 0.5) is 0 Å². The number of nitrogens with one attached hydrogen (secondary N) is 1. The van der Waals surface area contributed by atoms with Gasteiger partial charge in [-0.05, 0) is 55.8 Å². The Hall–Kier alpha value is -0.240. The maximum Gasteiger partial charge on any atom is 0.0453 e. The van der Waals surface area contributed by atoms with E-state index >= 15 is 0 Å². The Morgan fingerprint density at radius 1 is 1.20 bits per heavy atom. The fourth-order valence-electron chi connectivity index (χ4n) is 3.20. The van der Waals surface area contributed by atoms with E-state index in [1.807, 2.05) is 12.1 Å². The van der Waals surface area contributed by atoms with Gasteiger partial charge >= 0.3 is 0 Å². The average molecular weight is 314 g/mol. The van der Waals surface area contributed by atoms with Crippen LogP contribution in [0.15, 0.2) is 18.2 Å². The summed E-state index contributed by atoms with van der Waals surface area (Å²) in [5.74, 6) is 0.794. The lowest BCUT2D eigenvalue weighted by molar-refractivity contribution is 0.267. The number of halogens is 2. The van der Waals surface area contributed by atoms with Gasteiger partial charge < -0.3 is 5.32 Å².